The van der Waals surface area contributed by atoms with Gasteiger partial charge in [0.05, 0.1) is 12.3 Å². The Hall–Kier alpha value is -2.24. The number of para-hydroxylation sites is 2. The average Bonchev–Trinajstić information content (AvgIpc) is 2.44. The molecule has 3 amide bonds. The Kier molecular flexibility index (Phi) is 6.88. The summed E-state index contributed by atoms with van der Waals surface area (Å²) >= 11 is 0. The number of benzene rings is 1. The molecule has 3 N–H and O–H groups in total. The molecular weight excluding hydrogens is 294 g/mol. The van der Waals surface area contributed by atoms with Crippen molar-refractivity contribution in [1.29, 1.82) is 0 Å². The summed E-state index contributed by atoms with van der Waals surface area (Å²) in [6, 6.07) is 6.11. The highest BCUT2D eigenvalue weighted by molar-refractivity contribution is 5.94. The summed E-state index contributed by atoms with van der Waals surface area (Å²) in [5.41, 5.74) is 0.228. The van der Waals surface area contributed by atoms with Crippen LogP contribution in [0.25, 0.3) is 0 Å². The smallest absolute Gasteiger partial charge is 0.319 e. The van der Waals surface area contributed by atoms with Crippen LogP contribution in [-0.2, 0) is 4.79 Å². The lowest BCUT2D eigenvalue weighted by molar-refractivity contribution is -0.123. The van der Waals surface area contributed by atoms with Gasteiger partial charge in [-0.15, -0.1) is 0 Å². The second kappa shape index (κ2) is 8.41. The predicted octanol–water partition coefficient (Wildman–Crippen LogP) is 2.90. The third-order valence-corrected chi connectivity index (χ3v) is 2.84. The summed E-state index contributed by atoms with van der Waals surface area (Å²) in [6.45, 7) is 9.89. The molecule has 0 unspecified atom stereocenters. The van der Waals surface area contributed by atoms with E-state index in [1.165, 1.54) is 0 Å². The number of carbonyl (C=O) groups is 2. The molecule has 1 atom stereocenters. The van der Waals surface area contributed by atoms with Gasteiger partial charge < -0.3 is 20.7 Å². The van der Waals surface area contributed by atoms with E-state index in [1.54, 1.807) is 19.1 Å². The molecule has 0 bridgehead atoms. The predicted molar refractivity (Wildman–Crippen MR) is 91.7 cm³/mol. The summed E-state index contributed by atoms with van der Waals surface area (Å²) in [7, 11) is 0. The minimum absolute atomic E-state index is 0.233. The van der Waals surface area contributed by atoms with Crippen LogP contribution in [0.5, 0.6) is 5.75 Å². The molecule has 0 spiro atoms. The highest BCUT2D eigenvalue weighted by atomic mass is 16.5. The van der Waals surface area contributed by atoms with Crippen LogP contribution < -0.4 is 20.7 Å². The Morgan fingerprint density at radius 1 is 1.22 bits per heavy atom. The number of hydrogen-bond acceptors (Lipinski definition) is 3. The Labute approximate surface area is 138 Å². The fourth-order valence-corrected chi connectivity index (χ4v) is 1.81. The van der Waals surface area contributed by atoms with E-state index in [1.807, 2.05) is 39.8 Å². The van der Waals surface area contributed by atoms with E-state index in [0.717, 1.165) is 6.42 Å². The second-order valence-electron chi connectivity index (χ2n) is 6.40. The second-order valence-corrected chi connectivity index (χ2v) is 6.40. The molecule has 23 heavy (non-hydrogen) atoms. The highest BCUT2D eigenvalue weighted by Crippen LogP contribution is 2.23. The highest BCUT2D eigenvalue weighted by Gasteiger charge is 2.20. The van der Waals surface area contributed by atoms with E-state index >= 15 is 0 Å². The SMILES string of the molecule is CCCOc1ccccc1NC(=O)N[C@@H](C)C(=O)NC(C)(C)C. The molecule has 6 heteroatoms. The molecule has 0 fully saturated rings. The average molecular weight is 321 g/mol. The fourth-order valence-electron chi connectivity index (χ4n) is 1.81. The molecule has 0 saturated carbocycles. The van der Waals surface area contributed by atoms with Crippen molar-refractivity contribution in [2.24, 2.45) is 0 Å². The lowest BCUT2D eigenvalue weighted by atomic mass is 10.1. The van der Waals surface area contributed by atoms with Crippen LogP contribution in [-0.4, -0.2) is 30.1 Å². The molecule has 0 heterocycles. The van der Waals surface area contributed by atoms with Crippen LogP contribution in [0, 0.1) is 0 Å². The van der Waals surface area contributed by atoms with Gasteiger partial charge in [0.1, 0.15) is 11.8 Å². The Balaban J connectivity index is 2.61. The maximum Gasteiger partial charge on any atom is 0.319 e. The molecule has 1 aromatic carbocycles. The Morgan fingerprint density at radius 3 is 2.48 bits per heavy atom. The van der Waals surface area contributed by atoms with Crippen molar-refractivity contribution >= 4 is 17.6 Å². The van der Waals surface area contributed by atoms with Gasteiger partial charge in [0.15, 0.2) is 0 Å². The summed E-state index contributed by atoms with van der Waals surface area (Å²) in [5, 5.41) is 8.15. The van der Waals surface area contributed by atoms with Gasteiger partial charge in [0.2, 0.25) is 5.91 Å². The molecule has 0 aromatic heterocycles. The van der Waals surface area contributed by atoms with E-state index < -0.39 is 12.1 Å². The third-order valence-electron chi connectivity index (χ3n) is 2.84. The number of rotatable bonds is 6. The van der Waals surface area contributed by atoms with Gasteiger partial charge in [0.25, 0.3) is 0 Å². The zero-order valence-electron chi connectivity index (χ0n) is 14.5. The molecule has 0 aliphatic rings. The zero-order chi connectivity index (χ0) is 17.5. The van der Waals surface area contributed by atoms with Crippen molar-refractivity contribution in [3.8, 4) is 5.75 Å². The molecule has 0 aliphatic heterocycles. The van der Waals surface area contributed by atoms with Gasteiger partial charge in [-0.25, -0.2) is 4.79 Å². The molecule has 0 aliphatic carbocycles. The fraction of sp³-hybridized carbons (Fsp3) is 0.529. The Morgan fingerprint density at radius 2 is 1.87 bits per heavy atom. The molecule has 0 radical (unpaired) electrons. The summed E-state index contributed by atoms with van der Waals surface area (Å²) in [4.78, 5) is 24.0. The van der Waals surface area contributed by atoms with Crippen molar-refractivity contribution in [1.82, 2.24) is 10.6 Å². The van der Waals surface area contributed by atoms with Crippen LogP contribution in [0.2, 0.25) is 0 Å². The first-order valence-electron chi connectivity index (χ1n) is 7.84. The zero-order valence-corrected chi connectivity index (χ0v) is 14.5. The van der Waals surface area contributed by atoms with Gasteiger partial charge >= 0.3 is 6.03 Å². The number of anilines is 1. The number of hydrogen-bond donors (Lipinski definition) is 3. The minimum Gasteiger partial charge on any atom is -0.491 e. The van der Waals surface area contributed by atoms with Crippen molar-refractivity contribution < 1.29 is 14.3 Å². The van der Waals surface area contributed by atoms with Crippen LogP contribution in [0.15, 0.2) is 24.3 Å². The van der Waals surface area contributed by atoms with Crippen LogP contribution >= 0.6 is 0 Å². The molecule has 128 valence electrons. The monoisotopic (exact) mass is 321 g/mol. The quantitative estimate of drug-likeness (QED) is 0.754. The van der Waals surface area contributed by atoms with E-state index in [2.05, 4.69) is 16.0 Å². The lowest BCUT2D eigenvalue weighted by Crippen LogP contribution is -2.51. The summed E-state index contributed by atoms with van der Waals surface area (Å²) in [6.07, 6.45) is 0.880. The molecule has 0 saturated heterocycles. The molecule has 1 aromatic rings. The molecule has 1 rings (SSSR count). The van der Waals surface area contributed by atoms with Crippen LogP contribution in [0.1, 0.15) is 41.0 Å². The number of ether oxygens (including phenoxy) is 1. The number of urea groups is 1. The van der Waals surface area contributed by atoms with Crippen molar-refractivity contribution in [2.75, 3.05) is 11.9 Å². The van der Waals surface area contributed by atoms with Gasteiger partial charge in [-0.1, -0.05) is 19.1 Å². The number of nitrogens with one attached hydrogen (secondary N) is 3. The van der Waals surface area contributed by atoms with Crippen molar-refractivity contribution in [3.63, 3.8) is 0 Å². The normalized spacial score (nSPS) is 12.2. The first-order valence-corrected chi connectivity index (χ1v) is 7.84. The first-order chi connectivity index (χ1) is 10.7. The minimum atomic E-state index is -0.641. The van der Waals surface area contributed by atoms with Crippen molar-refractivity contribution in [2.45, 2.75) is 52.6 Å². The van der Waals surface area contributed by atoms with E-state index in [0.29, 0.717) is 18.0 Å². The van der Waals surface area contributed by atoms with Crippen LogP contribution in [0.3, 0.4) is 0 Å². The van der Waals surface area contributed by atoms with Gasteiger partial charge in [-0.3, -0.25) is 4.79 Å². The van der Waals surface area contributed by atoms with E-state index in [-0.39, 0.29) is 11.4 Å². The van der Waals surface area contributed by atoms with Crippen LogP contribution in [0.4, 0.5) is 10.5 Å². The summed E-state index contributed by atoms with van der Waals surface area (Å²) < 4.78 is 5.58. The molecular formula is C17H27N3O3. The summed E-state index contributed by atoms with van der Waals surface area (Å²) in [5.74, 6) is 0.375. The topological polar surface area (TPSA) is 79.5 Å². The largest absolute Gasteiger partial charge is 0.491 e. The van der Waals surface area contributed by atoms with Crippen molar-refractivity contribution in [3.05, 3.63) is 24.3 Å². The van der Waals surface area contributed by atoms with Gasteiger partial charge in [-0.2, -0.15) is 0 Å². The third kappa shape index (κ3) is 7.04. The number of amides is 3. The molecule has 6 nitrogen and oxygen atoms in total. The standard InChI is InChI=1S/C17H27N3O3/c1-6-11-23-14-10-8-7-9-13(14)19-16(22)18-12(2)15(21)20-17(3,4)5/h7-10,12H,6,11H2,1-5H3,(H,20,21)(H2,18,19,22)/t12-/m0/s1. The first kappa shape index (κ1) is 18.8. The van der Waals surface area contributed by atoms with Gasteiger partial charge in [0, 0.05) is 5.54 Å². The maximum atomic E-state index is 12.1. The Bertz CT molecular complexity index is 538. The van der Waals surface area contributed by atoms with Gasteiger partial charge in [-0.05, 0) is 46.2 Å². The van der Waals surface area contributed by atoms with E-state index in [4.69, 9.17) is 4.74 Å². The maximum absolute atomic E-state index is 12.1. The van der Waals surface area contributed by atoms with E-state index in [9.17, 15) is 9.59 Å². The lowest BCUT2D eigenvalue weighted by Gasteiger charge is -2.23. The number of carbonyl (C=O) groups excluding carboxylic acids is 2.